The van der Waals surface area contributed by atoms with Crippen LogP contribution >= 0.6 is 0 Å². The van der Waals surface area contributed by atoms with E-state index in [0.29, 0.717) is 0 Å². The van der Waals surface area contributed by atoms with Crippen molar-refractivity contribution in [2.75, 3.05) is 0 Å². The van der Waals surface area contributed by atoms with Gasteiger partial charge in [-0.25, -0.2) is 0 Å². The number of benzene rings is 9. The van der Waals surface area contributed by atoms with Crippen LogP contribution in [0.1, 0.15) is 49.9 Å². The lowest BCUT2D eigenvalue weighted by atomic mass is 9.72. The molecule has 210 valence electrons. The zero-order chi connectivity index (χ0) is 29.8. The van der Waals surface area contributed by atoms with Crippen molar-refractivity contribution in [2.24, 2.45) is 0 Å². The maximum atomic E-state index is 2.44. The molecule has 0 amide bonds. The third kappa shape index (κ3) is 3.40. The van der Waals surface area contributed by atoms with Gasteiger partial charge in [-0.1, -0.05) is 155 Å². The second kappa shape index (κ2) is 8.80. The second-order valence-corrected chi connectivity index (χ2v) is 13.8. The number of hydrogen-bond acceptors (Lipinski definition) is 0. The zero-order valence-corrected chi connectivity index (χ0v) is 25.7. The molecule has 0 aliphatic heterocycles. The quantitative estimate of drug-likeness (QED) is 0.187. The van der Waals surface area contributed by atoms with Gasteiger partial charge in [0.2, 0.25) is 0 Å². The van der Waals surface area contributed by atoms with Gasteiger partial charge in [-0.15, -0.1) is 0 Å². The highest BCUT2D eigenvalue weighted by atomic mass is 14.3. The lowest BCUT2D eigenvalue weighted by molar-refractivity contribution is 0.633. The molecule has 0 fully saturated rings. The van der Waals surface area contributed by atoms with E-state index in [0.717, 1.165) is 0 Å². The standard InChI is InChI=1S/C44H34/c1-43(2,37-25-19-31-17-15-27-8-5-9-29-18-24-36(37)42(31)39(27)29)33-20-22-34(23-21-33)44(3,4)38-26-32-12-6-10-28-14-16-30-11-7-13-35(38)41(30)40(28)32/h5-26H,1-4H3. The lowest BCUT2D eigenvalue weighted by Gasteiger charge is -2.31. The summed E-state index contributed by atoms with van der Waals surface area (Å²) in [6.07, 6.45) is 0. The Morgan fingerprint density at radius 3 is 1.30 bits per heavy atom. The van der Waals surface area contributed by atoms with Gasteiger partial charge in [-0.2, -0.15) is 0 Å². The number of rotatable bonds is 4. The van der Waals surface area contributed by atoms with Crippen molar-refractivity contribution in [3.8, 4) is 0 Å². The molecule has 0 heteroatoms. The van der Waals surface area contributed by atoms with Gasteiger partial charge in [0.25, 0.3) is 0 Å². The van der Waals surface area contributed by atoms with E-state index in [2.05, 4.69) is 161 Å². The molecule has 0 aromatic heterocycles. The Kier molecular flexibility index (Phi) is 5.11. The fraction of sp³-hybridized carbons (Fsp3) is 0.136. The van der Waals surface area contributed by atoms with E-state index in [-0.39, 0.29) is 10.8 Å². The van der Waals surface area contributed by atoms with Gasteiger partial charge in [-0.3, -0.25) is 0 Å². The molecule has 0 radical (unpaired) electrons. The largest absolute Gasteiger partial charge is 0.0610 e. The molecule has 0 atom stereocenters. The van der Waals surface area contributed by atoms with E-state index in [1.54, 1.807) is 0 Å². The number of hydrogen-bond donors (Lipinski definition) is 0. The lowest BCUT2D eigenvalue weighted by Crippen LogP contribution is -2.22. The van der Waals surface area contributed by atoms with Crippen molar-refractivity contribution in [2.45, 2.75) is 38.5 Å². The highest BCUT2D eigenvalue weighted by Crippen LogP contribution is 2.45. The Bertz CT molecular complexity index is 2510. The second-order valence-electron chi connectivity index (χ2n) is 13.8. The van der Waals surface area contributed by atoms with Gasteiger partial charge in [-0.05, 0) is 93.0 Å². The van der Waals surface area contributed by atoms with E-state index >= 15 is 0 Å². The molecule has 0 aliphatic carbocycles. The molecule has 0 nitrogen and oxygen atoms in total. The summed E-state index contributed by atoms with van der Waals surface area (Å²) in [5.74, 6) is 0. The maximum Gasteiger partial charge on any atom is 0.0152 e. The van der Waals surface area contributed by atoms with E-state index in [1.807, 2.05) is 0 Å². The third-order valence-electron chi connectivity index (χ3n) is 10.7. The topological polar surface area (TPSA) is 0 Å². The molecule has 0 unspecified atom stereocenters. The van der Waals surface area contributed by atoms with Crippen LogP contribution in [0.2, 0.25) is 0 Å². The predicted octanol–water partition coefficient (Wildman–Crippen LogP) is 12.1. The molecule has 0 N–H and O–H groups in total. The van der Waals surface area contributed by atoms with Crippen molar-refractivity contribution >= 4 is 64.6 Å². The molecule has 0 spiro atoms. The Morgan fingerprint density at radius 2 is 0.705 bits per heavy atom. The molecule has 9 rings (SSSR count). The first-order chi connectivity index (χ1) is 21.3. The summed E-state index contributed by atoms with van der Waals surface area (Å²) in [5, 5.41) is 16.1. The van der Waals surface area contributed by atoms with Crippen molar-refractivity contribution in [3.63, 3.8) is 0 Å². The smallest absolute Gasteiger partial charge is 0.0152 e. The minimum Gasteiger partial charge on any atom is -0.0610 e. The fourth-order valence-corrected chi connectivity index (χ4v) is 8.17. The Balaban J connectivity index is 1.17. The van der Waals surface area contributed by atoms with Gasteiger partial charge in [0.1, 0.15) is 0 Å². The SMILES string of the molecule is CC(C)(c1ccc(C(C)(C)c2cc3cccc4ccc5cccc2c5c43)cc1)c1ccc2ccc3cccc4ccc1c2c34. The highest BCUT2D eigenvalue weighted by molar-refractivity contribution is 6.25. The Morgan fingerprint density at radius 1 is 0.318 bits per heavy atom. The molecule has 0 aliphatic rings. The molecule has 44 heavy (non-hydrogen) atoms. The molecule has 0 saturated carbocycles. The van der Waals surface area contributed by atoms with Crippen molar-refractivity contribution in [3.05, 3.63) is 156 Å². The van der Waals surface area contributed by atoms with Crippen molar-refractivity contribution in [1.82, 2.24) is 0 Å². The molecule has 0 bridgehead atoms. The van der Waals surface area contributed by atoms with Crippen LogP contribution in [-0.2, 0) is 10.8 Å². The molecule has 9 aromatic carbocycles. The van der Waals surface area contributed by atoms with E-state index in [1.165, 1.54) is 86.9 Å². The molecular weight excluding hydrogens is 528 g/mol. The van der Waals surface area contributed by atoms with Crippen LogP contribution in [-0.4, -0.2) is 0 Å². The van der Waals surface area contributed by atoms with Crippen LogP contribution in [0.3, 0.4) is 0 Å². The van der Waals surface area contributed by atoms with Gasteiger partial charge in [0, 0.05) is 10.8 Å². The Labute approximate surface area is 258 Å². The average molecular weight is 563 g/mol. The molecule has 0 heterocycles. The normalized spacial score (nSPS) is 13.0. The first-order valence-electron chi connectivity index (χ1n) is 15.8. The van der Waals surface area contributed by atoms with Gasteiger partial charge in [0.05, 0.1) is 0 Å². The fourth-order valence-electron chi connectivity index (χ4n) is 8.17. The van der Waals surface area contributed by atoms with Crippen LogP contribution < -0.4 is 0 Å². The summed E-state index contributed by atoms with van der Waals surface area (Å²) in [4.78, 5) is 0. The van der Waals surface area contributed by atoms with E-state index < -0.39 is 0 Å². The summed E-state index contributed by atoms with van der Waals surface area (Å²) in [5.41, 5.74) is 5.11. The minimum absolute atomic E-state index is 0.157. The summed E-state index contributed by atoms with van der Waals surface area (Å²) in [7, 11) is 0. The predicted molar refractivity (Wildman–Crippen MR) is 191 cm³/mol. The monoisotopic (exact) mass is 562 g/mol. The summed E-state index contributed by atoms with van der Waals surface area (Å²) >= 11 is 0. The first kappa shape index (κ1) is 25.5. The van der Waals surface area contributed by atoms with E-state index in [4.69, 9.17) is 0 Å². The summed E-state index contributed by atoms with van der Waals surface area (Å²) in [6.45, 7) is 9.52. The molecule has 0 saturated heterocycles. The van der Waals surface area contributed by atoms with Gasteiger partial charge >= 0.3 is 0 Å². The van der Waals surface area contributed by atoms with Crippen LogP contribution in [0.15, 0.2) is 133 Å². The van der Waals surface area contributed by atoms with Gasteiger partial charge < -0.3 is 0 Å². The zero-order valence-electron chi connectivity index (χ0n) is 25.7. The van der Waals surface area contributed by atoms with Crippen LogP contribution in [0.25, 0.3) is 64.6 Å². The van der Waals surface area contributed by atoms with Crippen LogP contribution in [0, 0.1) is 0 Å². The van der Waals surface area contributed by atoms with Crippen molar-refractivity contribution in [1.29, 1.82) is 0 Å². The molecule has 9 aromatic rings. The molecular formula is C44H34. The van der Waals surface area contributed by atoms with E-state index in [9.17, 15) is 0 Å². The highest BCUT2D eigenvalue weighted by Gasteiger charge is 2.30. The minimum atomic E-state index is -0.167. The van der Waals surface area contributed by atoms with Crippen LogP contribution in [0.4, 0.5) is 0 Å². The summed E-state index contributed by atoms with van der Waals surface area (Å²) < 4.78 is 0. The average Bonchev–Trinajstić information content (AvgIpc) is 3.06. The first-order valence-corrected chi connectivity index (χ1v) is 15.8. The van der Waals surface area contributed by atoms with Crippen molar-refractivity contribution < 1.29 is 0 Å². The van der Waals surface area contributed by atoms with Gasteiger partial charge in [0.15, 0.2) is 0 Å². The third-order valence-corrected chi connectivity index (χ3v) is 10.7. The Hall–Kier alpha value is -4.94. The summed E-state index contributed by atoms with van der Waals surface area (Å²) in [6, 6.07) is 50.4. The maximum absolute atomic E-state index is 2.44. The van der Waals surface area contributed by atoms with Crippen LogP contribution in [0.5, 0.6) is 0 Å².